The molecule has 0 aliphatic heterocycles. The van der Waals surface area contributed by atoms with Gasteiger partial charge in [-0.3, -0.25) is 0 Å². The van der Waals surface area contributed by atoms with Crippen molar-refractivity contribution in [3.05, 3.63) is 34.5 Å². The van der Waals surface area contributed by atoms with Gasteiger partial charge in [-0.2, -0.15) is 0 Å². The third-order valence-corrected chi connectivity index (χ3v) is 4.07. The predicted octanol–water partition coefficient (Wildman–Crippen LogP) is 4.04. The molecule has 2 aromatic heterocycles. The molecule has 0 nitrogen and oxygen atoms in total. The van der Waals surface area contributed by atoms with Crippen LogP contribution in [0.4, 0.5) is 0 Å². The smallest absolute Gasteiger partial charge is 0.0445 e. The molecule has 2 heterocycles. The van der Waals surface area contributed by atoms with E-state index >= 15 is 0 Å². The number of rotatable bonds is 2. The zero-order valence-corrected chi connectivity index (χ0v) is 8.54. The van der Waals surface area contributed by atoms with Gasteiger partial charge in [-0.1, -0.05) is 13.0 Å². The van der Waals surface area contributed by atoms with Crippen LogP contribution in [-0.2, 0) is 6.42 Å². The fourth-order valence-electron chi connectivity index (χ4n) is 1.12. The lowest BCUT2D eigenvalue weighted by molar-refractivity contribution is 1.19. The Morgan fingerprint density at radius 3 is 2.67 bits per heavy atom. The highest BCUT2D eigenvalue weighted by Gasteiger charge is 2.01. The van der Waals surface area contributed by atoms with Crippen molar-refractivity contribution in [3.8, 4) is 9.75 Å². The SMILES string of the molecule is CCc1ccc(-c2cccs2)s1. The van der Waals surface area contributed by atoms with Gasteiger partial charge in [0.05, 0.1) is 0 Å². The van der Waals surface area contributed by atoms with Gasteiger partial charge in [-0.15, -0.1) is 22.7 Å². The monoisotopic (exact) mass is 194 g/mol. The van der Waals surface area contributed by atoms with E-state index < -0.39 is 0 Å². The molecule has 0 unspecified atom stereocenters. The quantitative estimate of drug-likeness (QED) is 0.677. The zero-order chi connectivity index (χ0) is 8.39. The first-order valence-electron chi connectivity index (χ1n) is 4.02. The van der Waals surface area contributed by atoms with Gasteiger partial charge in [0.15, 0.2) is 0 Å². The highest BCUT2D eigenvalue weighted by Crippen LogP contribution is 2.31. The molecule has 0 N–H and O–H groups in total. The topological polar surface area (TPSA) is 0 Å². The molecular weight excluding hydrogens is 184 g/mol. The summed E-state index contributed by atoms with van der Waals surface area (Å²) in [4.78, 5) is 4.26. The summed E-state index contributed by atoms with van der Waals surface area (Å²) in [5.41, 5.74) is 0. The second kappa shape index (κ2) is 3.42. The molecule has 62 valence electrons. The number of hydrogen-bond donors (Lipinski definition) is 0. The van der Waals surface area contributed by atoms with Crippen molar-refractivity contribution in [2.45, 2.75) is 13.3 Å². The Labute approximate surface area is 80.5 Å². The average molecular weight is 194 g/mol. The Morgan fingerprint density at radius 1 is 1.17 bits per heavy atom. The van der Waals surface area contributed by atoms with Crippen LogP contribution in [0.15, 0.2) is 29.6 Å². The van der Waals surface area contributed by atoms with Gasteiger partial charge in [0.25, 0.3) is 0 Å². The van der Waals surface area contributed by atoms with Crippen molar-refractivity contribution in [2.24, 2.45) is 0 Å². The number of thiophene rings is 2. The van der Waals surface area contributed by atoms with Gasteiger partial charge in [-0.05, 0) is 30.0 Å². The van der Waals surface area contributed by atoms with E-state index in [9.17, 15) is 0 Å². The molecule has 2 aromatic rings. The van der Waals surface area contributed by atoms with Crippen molar-refractivity contribution in [3.63, 3.8) is 0 Å². The first kappa shape index (κ1) is 8.02. The molecule has 0 aromatic carbocycles. The normalized spacial score (nSPS) is 10.4. The van der Waals surface area contributed by atoms with Gasteiger partial charge in [0.2, 0.25) is 0 Å². The summed E-state index contributed by atoms with van der Waals surface area (Å²) in [6, 6.07) is 8.72. The summed E-state index contributed by atoms with van der Waals surface area (Å²) >= 11 is 3.71. The highest BCUT2D eigenvalue weighted by molar-refractivity contribution is 7.21. The molecule has 0 radical (unpaired) electrons. The van der Waals surface area contributed by atoms with Crippen LogP contribution in [0.25, 0.3) is 9.75 Å². The van der Waals surface area contributed by atoms with Crippen molar-refractivity contribution >= 4 is 22.7 Å². The maximum absolute atomic E-state index is 2.22. The summed E-state index contributed by atoms with van der Waals surface area (Å²) in [5.74, 6) is 0. The molecule has 0 amide bonds. The molecule has 0 spiro atoms. The van der Waals surface area contributed by atoms with Crippen molar-refractivity contribution in [2.75, 3.05) is 0 Å². The van der Waals surface area contributed by atoms with E-state index in [-0.39, 0.29) is 0 Å². The fraction of sp³-hybridized carbons (Fsp3) is 0.200. The third kappa shape index (κ3) is 1.45. The summed E-state index contributed by atoms with van der Waals surface area (Å²) in [7, 11) is 0. The Kier molecular flexibility index (Phi) is 2.28. The van der Waals surface area contributed by atoms with Crippen LogP contribution in [0.5, 0.6) is 0 Å². The van der Waals surface area contributed by atoms with E-state index in [0.717, 1.165) is 6.42 Å². The first-order chi connectivity index (χ1) is 5.90. The minimum atomic E-state index is 1.15. The zero-order valence-electron chi connectivity index (χ0n) is 6.91. The van der Waals surface area contributed by atoms with E-state index in [2.05, 4.69) is 36.6 Å². The Bertz CT molecular complexity index is 344. The predicted molar refractivity (Wildman–Crippen MR) is 57.0 cm³/mol. The first-order valence-corrected chi connectivity index (χ1v) is 5.72. The van der Waals surface area contributed by atoms with E-state index in [4.69, 9.17) is 0 Å². The van der Waals surface area contributed by atoms with Crippen LogP contribution >= 0.6 is 22.7 Å². The van der Waals surface area contributed by atoms with E-state index in [0.29, 0.717) is 0 Å². The van der Waals surface area contributed by atoms with Crippen LogP contribution in [0.2, 0.25) is 0 Å². The standard InChI is InChI=1S/C10H10S2/c1-2-8-5-6-10(12-8)9-4-3-7-11-9/h3-7H,2H2,1H3. The molecule has 0 saturated carbocycles. The molecule has 12 heavy (non-hydrogen) atoms. The summed E-state index contributed by atoms with van der Waals surface area (Å²) in [6.07, 6.45) is 1.15. The van der Waals surface area contributed by atoms with Crippen molar-refractivity contribution < 1.29 is 0 Å². The minimum Gasteiger partial charge on any atom is -0.143 e. The van der Waals surface area contributed by atoms with E-state index in [1.54, 1.807) is 0 Å². The van der Waals surface area contributed by atoms with Crippen molar-refractivity contribution in [1.82, 2.24) is 0 Å². The largest absolute Gasteiger partial charge is 0.143 e. The van der Waals surface area contributed by atoms with Crippen LogP contribution in [-0.4, -0.2) is 0 Å². The van der Waals surface area contributed by atoms with Gasteiger partial charge >= 0.3 is 0 Å². The fourth-order valence-corrected chi connectivity index (χ4v) is 2.90. The Balaban J connectivity index is 2.35. The molecule has 2 rings (SSSR count). The summed E-state index contributed by atoms with van der Waals surface area (Å²) in [5, 5.41) is 2.13. The second-order valence-corrected chi connectivity index (χ2v) is 4.71. The van der Waals surface area contributed by atoms with E-state index in [1.807, 2.05) is 22.7 Å². The average Bonchev–Trinajstić information content (AvgIpc) is 2.75. The third-order valence-electron chi connectivity index (χ3n) is 1.77. The highest BCUT2D eigenvalue weighted by atomic mass is 32.1. The molecule has 0 fully saturated rings. The number of hydrogen-bond acceptors (Lipinski definition) is 2. The molecule has 0 aliphatic carbocycles. The van der Waals surface area contributed by atoms with Gasteiger partial charge in [0, 0.05) is 14.6 Å². The summed E-state index contributed by atoms with van der Waals surface area (Å²) < 4.78 is 0. The summed E-state index contributed by atoms with van der Waals surface area (Å²) in [6.45, 7) is 2.20. The van der Waals surface area contributed by atoms with Gasteiger partial charge in [-0.25, -0.2) is 0 Å². The molecule has 0 aliphatic rings. The molecule has 0 atom stereocenters. The van der Waals surface area contributed by atoms with Crippen LogP contribution < -0.4 is 0 Å². The lowest BCUT2D eigenvalue weighted by Gasteiger charge is -1.87. The Morgan fingerprint density at radius 2 is 2.08 bits per heavy atom. The molecule has 0 bridgehead atoms. The van der Waals surface area contributed by atoms with Crippen LogP contribution in [0.1, 0.15) is 11.8 Å². The molecule has 2 heteroatoms. The molecule has 0 saturated heterocycles. The Hall–Kier alpha value is -0.600. The lowest BCUT2D eigenvalue weighted by Crippen LogP contribution is -1.63. The van der Waals surface area contributed by atoms with Crippen molar-refractivity contribution in [1.29, 1.82) is 0 Å². The minimum absolute atomic E-state index is 1.15. The maximum Gasteiger partial charge on any atom is 0.0445 e. The van der Waals surface area contributed by atoms with Gasteiger partial charge < -0.3 is 0 Å². The maximum atomic E-state index is 2.22. The van der Waals surface area contributed by atoms with Crippen LogP contribution in [0.3, 0.4) is 0 Å². The van der Waals surface area contributed by atoms with E-state index in [1.165, 1.54) is 14.6 Å². The second-order valence-electron chi connectivity index (χ2n) is 2.60. The number of aryl methyl sites for hydroxylation is 1. The lowest BCUT2D eigenvalue weighted by atomic mass is 10.3. The van der Waals surface area contributed by atoms with Gasteiger partial charge in [0.1, 0.15) is 0 Å². The molecular formula is C10H10S2. The van der Waals surface area contributed by atoms with Crippen LogP contribution in [0, 0.1) is 0 Å².